The quantitative estimate of drug-likeness (QED) is 0.636. The second-order valence-corrected chi connectivity index (χ2v) is 7.62. The predicted octanol–water partition coefficient (Wildman–Crippen LogP) is 1.15. The molecular formula is C14H27N3O6S2. The number of carbonyl (C=O) groups excluding carboxylic acids is 2. The van der Waals surface area contributed by atoms with Crippen LogP contribution in [-0.2, 0) is 9.59 Å². The summed E-state index contributed by atoms with van der Waals surface area (Å²) in [6.45, 7) is 0.876. The molecule has 146 valence electrons. The molecule has 0 heterocycles. The average Bonchev–Trinajstić information content (AvgIpc) is 2.48. The highest BCUT2D eigenvalue weighted by molar-refractivity contribution is 8.14. The largest absolute Gasteiger partial charge is 0.473 e. The Labute approximate surface area is 156 Å². The first-order chi connectivity index (χ1) is 11.4. The molecule has 0 saturated carbocycles. The van der Waals surface area contributed by atoms with Crippen LogP contribution in [0.5, 0.6) is 0 Å². The Bertz CT molecular complexity index is 422. The van der Waals surface area contributed by atoms with Crippen LogP contribution in [0.4, 0.5) is 9.59 Å². The van der Waals surface area contributed by atoms with Crippen molar-refractivity contribution in [3.05, 3.63) is 0 Å². The fourth-order valence-corrected chi connectivity index (χ4v) is 3.18. The van der Waals surface area contributed by atoms with Crippen LogP contribution >= 0.6 is 23.5 Å². The van der Waals surface area contributed by atoms with Crippen molar-refractivity contribution in [1.29, 1.82) is 0 Å². The van der Waals surface area contributed by atoms with Crippen LogP contribution in [0.2, 0.25) is 0 Å². The monoisotopic (exact) mass is 397 g/mol. The zero-order chi connectivity index (χ0) is 20.2. The molecule has 25 heavy (non-hydrogen) atoms. The molecule has 0 rings (SSSR count). The zero-order valence-electron chi connectivity index (χ0n) is 15.4. The van der Waals surface area contributed by atoms with Gasteiger partial charge in [0.05, 0.1) is 0 Å². The van der Waals surface area contributed by atoms with E-state index < -0.39 is 11.9 Å². The van der Waals surface area contributed by atoms with E-state index in [-0.39, 0.29) is 10.5 Å². The number of thioether (sulfide) groups is 2. The summed E-state index contributed by atoms with van der Waals surface area (Å²) in [7, 11) is 11.0. The van der Waals surface area contributed by atoms with Crippen molar-refractivity contribution < 1.29 is 29.4 Å². The lowest BCUT2D eigenvalue weighted by molar-refractivity contribution is -0.159. The van der Waals surface area contributed by atoms with Crippen LogP contribution in [0.1, 0.15) is 0 Å². The lowest BCUT2D eigenvalue weighted by atomic mass is 10.2. The molecule has 11 heteroatoms. The first-order valence-electron chi connectivity index (χ1n) is 7.17. The normalized spacial score (nSPS) is 10.1. The van der Waals surface area contributed by atoms with Crippen molar-refractivity contribution in [2.45, 2.75) is 0 Å². The van der Waals surface area contributed by atoms with Gasteiger partial charge in [0.15, 0.2) is 0 Å². The van der Waals surface area contributed by atoms with Gasteiger partial charge in [-0.25, -0.2) is 9.59 Å². The fraction of sp³-hybridized carbons (Fsp3) is 0.714. The van der Waals surface area contributed by atoms with E-state index in [1.54, 1.807) is 38.0 Å². The first kappa shape index (κ1) is 25.8. The molecule has 0 fully saturated rings. The van der Waals surface area contributed by atoms with Gasteiger partial charge in [0.1, 0.15) is 0 Å². The summed E-state index contributed by atoms with van der Waals surface area (Å²) in [4.78, 5) is 46.6. The van der Waals surface area contributed by atoms with Crippen molar-refractivity contribution in [2.75, 3.05) is 60.3 Å². The van der Waals surface area contributed by atoms with E-state index >= 15 is 0 Å². The molecule has 0 aromatic carbocycles. The van der Waals surface area contributed by atoms with Crippen LogP contribution in [0.3, 0.4) is 0 Å². The van der Waals surface area contributed by atoms with Crippen molar-refractivity contribution in [1.82, 2.24) is 14.7 Å². The zero-order valence-corrected chi connectivity index (χ0v) is 17.0. The van der Waals surface area contributed by atoms with E-state index in [0.717, 1.165) is 18.1 Å². The molecule has 0 aliphatic rings. The van der Waals surface area contributed by atoms with Gasteiger partial charge in [0.2, 0.25) is 0 Å². The molecular weight excluding hydrogens is 370 g/mol. The summed E-state index contributed by atoms with van der Waals surface area (Å²) in [5.41, 5.74) is 0. The minimum atomic E-state index is -1.82. The maximum atomic E-state index is 11.6. The van der Waals surface area contributed by atoms with Gasteiger partial charge < -0.3 is 24.9 Å². The number of aliphatic carboxylic acids is 2. The van der Waals surface area contributed by atoms with Crippen molar-refractivity contribution in [3.63, 3.8) is 0 Å². The van der Waals surface area contributed by atoms with Gasteiger partial charge in [0, 0.05) is 46.2 Å². The maximum Gasteiger partial charge on any atom is 0.414 e. The molecule has 0 spiro atoms. The van der Waals surface area contributed by atoms with Crippen LogP contribution in [0.25, 0.3) is 0 Å². The summed E-state index contributed by atoms with van der Waals surface area (Å²) < 4.78 is 0. The van der Waals surface area contributed by atoms with E-state index in [0.29, 0.717) is 5.92 Å². The Kier molecular flexibility index (Phi) is 14.2. The molecule has 9 nitrogen and oxygen atoms in total. The van der Waals surface area contributed by atoms with E-state index in [1.807, 2.05) is 14.1 Å². The van der Waals surface area contributed by atoms with Crippen molar-refractivity contribution in [3.8, 4) is 0 Å². The molecule has 0 radical (unpaired) electrons. The third-order valence-electron chi connectivity index (χ3n) is 2.42. The molecule has 0 aliphatic carbocycles. The smallest absolute Gasteiger partial charge is 0.414 e. The van der Waals surface area contributed by atoms with Gasteiger partial charge >= 0.3 is 11.9 Å². The van der Waals surface area contributed by atoms with Crippen LogP contribution in [0, 0.1) is 5.92 Å². The maximum absolute atomic E-state index is 11.6. The Morgan fingerprint density at radius 3 is 1.28 bits per heavy atom. The molecule has 0 aromatic rings. The van der Waals surface area contributed by atoms with Gasteiger partial charge in [-0.2, -0.15) is 0 Å². The number of nitrogens with zero attached hydrogens (tertiary/aromatic N) is 3. The van der Waals surface area contributed by atoms with Crippen LogP contribution in [-0.4, -0.2) is 108 Å². The molecule has 0 aromatic heterocycles. The van der Waals surface area contributed by atoms with Gasteiger partial charge in [-0.1, -0.05) is 23.5 Å². The summed E-state index contributed by atoms with van der Waals surface area (Å²) in [6, 6.07) is 0. The third kappa shape index (κ3) is 15.8. The topological polar surface area (TPSA) is 118 Å². The van der Waals surface area contributed by atoms with E-state index in [4.69, 9.17) is 19.8 Å². The Balaban J connectivity index is 0. The number of rotatable bonds is 6. The minimum Gasteiger partial charge on any atom is -0.473 e. The van der Waals surface area contributed by atoms with Crippen LogP contribution < -0.4 is 0 Å². The van der Waals surface area contributed by atoms with E-state index in [1.165, 1.54) is 23.5 Å². The van der Waals surface area contributed by atoms with Crippen molar-refractivity contribution in [2.24, 2.45) is 5.92 Å². The summed E-state index contributed by atoms with van der Waals surface area (Å²) in [5.74, 6) is -1.85. The number of hydrogen-bond acceptors (Lipinski definition) is 7. The molecule has 2 N–H and O–H groups in total. The number of hydrogen-bond donors (Lipinski definition) is 2. The number of carbonyl (C=O) groups is 4. The Hall–Kier alpha value is -1.46. The third-order valence-corrected chi connectivity index (χ3v) is 4.92. The lowest BCUT2D eigenvalue weighted by Crippen LogP contribution is -2.28. The molecule has 0 bridgehead atoms. The van der Waals surface area contributed by atoms with E-state index in [2.05, 4.69) is 4.90 Å². The number of amides is 2. The Morgan fingerprint density at radius 1 is 0.760 bits per heavy atom. The molecule has 0 saturated heterocycles. The Morgan fingerprint density at radius 2 is 1.08 bits per heavy atom. The number of carboxylic acid groups (broad SMARTS) is 2. The predicted molar refractivity (Wildman–Crippen MR) is 100 cm³/mol. The highest BCUT2D eigenvalue weighted by atomic mass is 32.2. The van der Waals surface area contributed by atoms with Gasteiger partial charge in [-0.15, -0.1) is 0 Å². The van der Waals surface area contributed by atoms with Crippen LogP contribution in [0.15, 0.2) is 0 Å². The van der Waals surface area contributed by atoms with Gasteiger partial charge in [-0.3, -0.25) is 9.59 Å². The lowest BCUT2D eigenvalue weighted by Gasteiger charge is -2.21. The second kappa shape index (κ2) is 13.8. The fourth-order valence-electron chi connectivity index (χ4n) is 1.31. The standard InChI is InChI=1S/C12H25N3O2S2.C2H2O4/c1-13(2)7-10(8-18-11(16)14(3)4)9-19-12(17)15(5)6;3-1(4)2(5)6/h10H,7-9H2,1-6H3;(H,3,4)(H,5,6). The molecule has 0 aliphatic heterocycles. The minimum absolute atomic E-state index is 0.0627. The summed E-state index contributed by atoms with van der Waals surface area (Å²) in [5, 5.41) is 14.9. The highest BCUT2D eigenvalue weighted by Gasteiger charge is 2.16. The number of carboxylic acids is 2. The summed E-state index contributed by atoms with van der Waals surface area (Å²) in [6.07, 6.45) is 0. The molecule has 0 atom stereocenters. The van der Waals surface area contributed by atoms with Crippen molar-refractivity contribution >= 4 is 45.9 Å². The molecule has 2 amide bonds. The average molecular weight is 398 g/mol. The summed E-state index contributed by atoms with van der Waals surface area (Å²) >= 11 is 2.63. The SMILES string of the molecule is CN(C)CC(CSC(=O)N(C)C)CSC(=O)N(C)C.O=C(O)C(=O)O. The van der Waals surface area contributed by atoms with E-state index in [9.17, 15) is 9.59 Å². The molecule has 0 unspecified atom stereocenters. The first-order valence-corrected chi connectivity index (χ1v) is 9.14. The van der Waals surface area contributed by atoms with Gasteiger partial charge in [-0.05, 0) is 20.0 Å². The second-order valence-electron chi connectivity index (χ2n) is 5.68. The van der Waals surface area contributed by atoms with Gasteiger partial charge in [0.25, 0.3) is 10.5 Å². The highest BCUT2D eigenvalue weighted by Crippen LogP contribution is 2.18.